The van der Waals surface area contributed by atoms with Crippen LogP contribution in [0.3, 0.4) is 0 Å². The van der Waals surface area contributed by atoms with Crippen LogP contribution < -0.4 is 4.74 Å². The average molecular weight is 362 g/mol. The number of carbonyl (C=O) groups excluding carboxylic acids is 1. The summed E-state index contributed by atoms with van der Waals surface area (Å²) in [5, 5.41) is 12.2. The number of hydrogen-bond donors (Lipinski definition) is 1. The number of halogens is 1. The van der Waals surface area contributed by atoms with Crippen molar-refractivity contribution < 1.29 is 14.6 Å². The van der Waals surface area contributed by atoms with Gasteiger partial charge < -0.3 is 14.7 Å². The van der Waals surface area contributed by atoms with E-state index in [1.165, 1.54) is 0 Å². The van der Waals surface area contributed by atoms with Gasteiger partial charge in [-0.2, -0.15) is 0 Å². The van der Waals surface area contributed by atoms with Gasteiger partial charge in [0.05, 0.1) is 24.1 Å². The number of fused-ring (bicyclic) bond motifs is 1. The van der Waals surface area contributed by atoms with E-state index >= 15 is 0 Å². The predicted octanol–water partition coefficient (Wildman–Crippen LogP) is 2.51. The Bertz CT molecular complexity index is 839. The van der Waals surface area contributed by atoms with Gasteiger partial charge in [-0.1, -0.05) is 11.6 Å². The summed E-state index contributed by atoms with van der Waals surface area (Å²) in [6.45, 7) is 4.58. The van der Waals surface area contributed by atoms with Gasteiger partial charge in [0.25, 0.3) is 0 Å². The fourth-order valence-corrected chi connectivity index (χ4v) is 3.26. The molecule has 7 heteroatoms. The quantitative estimate of drug-likeness (QED) is 0.847. The van der Waals surface area contributed by atoms with Crippen molar-refractivity contribution in [1.82, 2.24) is 14.9 Å². The maximum Gasteiger partial charge on any atom is 0.225 e. The molecule has 2 fully saturated rings. The summed E-state index contributed by atoms with van der Waals surface area (Å²) in [5.74, 6) is 0.927. The minimum absolute atomic E-state index is 0.0675. The van der Waals surface area contributed by atoms with E-state index in [0.29, 0.717) is 35.1 Å². The SMILES string of the molecule is CC(C)(O)c1cnc(OC2CN(C(=O)C3CC3)C2)c2cnc(Cl)cc12. The second-order valence-corrected chi connectivity index (χ2v) is 7.73. The molecule has 1 saturated carbocycles. The van der Waals surface area contributed by atoms with Crippen LogP contribution in [0, 0.1) is 5.92 Å². The number of pyridine rings is 2. The fraction of sp³-hybridized carbons (Fsp3) is 0.500. The fourth-order valence-electron chi connectivity index (χ4n) is 3.11. The van der Waals surface area contributed by atoms with Gasteiger partial charge in [0.1, 0.15) is 11.3 Å². The van der Waals surface area contributed by atoms with Gasteiger partial charge >= 0.3 is 0 Å². The van der Waals surface area contributed by atoms with Crippen molar-refractivity contribution in [2.75, 3.05) is 13.1 Å². The van der Waals surface area contributed by atoms with Crippen LogP contribution in [0.2, 0.25) is 5.15 Å². The first-order chi connectivity index (χ1) is 11.8. The van der Waals surface area contributed by atoms with Crippen LogP contribution in [0.5, 0.6) is 5.88 Å². The molecular formula is C18H20ClN3O3. The molecular weight excluding hydrogens is 342 g/mol. The van der Waals surface area contributed by atoms with Crippen molar-refractivity contribution in [3.63, 3.8) is 0 Å². The molecule has 25 heavy (non-hydrogen) atoms. The Morgan fingerprint density at radius 1 is 1.28 bits per heavy atom. The number of ether oxygens (including phenoxy) is 1. The van der Waals surface area contributed by atoms with Crippen molar-refractivity contribution in [2.24, 2.45) is 5.92 Å². The van der Waals surface area contributed by atoms with Gasteiger partial charge in [0.15, 0.2) is 0 Å². The molecule has 132 valence electrons. The highest BCUT2D eigenvalue weighted by Crippen LogP contribution is 2.35. The molecule has 0 spiro atoms. The lowest BCUT2D eigenvalue weighted by molar-refractivity contribution is -0.141. The predicted molar refractivity (Wildman–Crippen MR) is 93.5 cm³/mol. The maximum atomic E-state index is 12.0. The van der Waals surface area contributed by atoms with Crippen LogP contribution in [0.25, 0.3) is 10.8 Å². The molecule has 0 bridgehead atoms. The van der Waals surface area contributed by atoms with E-state index < -0.39 is 5.60 Å². The van der Waals surface area contributed by atoms with Crippen LogP contribution in [0.4, 0.5) is 0 Å². The Balaban J connectivity index is 1.57. The molecule has 0 aromatic carbocycles. The molecule has 1 aliphatic heterocycles. The number of aromatic nitrogens is 2. The number of nitrogens with zero attached hydrogens (tertiary/aromatic N) is 3. The van der Waals surface area contributed by atoms with E-state index in [1.54, 1.807) is 32.3 Å². The zero-order valence-corrected chi connectivity index (χ0v) is 15.0. The number of likely N-dealkylation sites (tertiary alicyclic amines) is 1. The normalized spacial score (nSPS) is 18.3. The lowest BCUT2D eigenvalue weighted by Crippen LogP contribution is -2.56. The molecule has 3 heterocycles. The molecule has 1 aliphatic carbocycles. The third-order valence-electron chi connectivity index (χ3n) is 4.73. The van der Waals surface area contributed by atoms with Gasteiger partial charge in [-0.05, 0) is 38.1 Å². The van der Waals surface area contributed by atoms with Crippen LogP contribution in [-0.2, 0) is 10.4 Å². The molecule has 1 amide bonds. The number of aliphatic hydroxyl groups is 1. The van der Waals surface area contributed by atoms with E-state index in [1.807, 2.05) is 4.90 Å². The average Bonchev–Trinajstić information content (AvgIpc) is 3.32. The summed E-state index contributed by atoms with van der Waals surface area (Å²) < 4.78 is 5.98. The molecule has 1 N–H and O–H groups in total. The van der Waals surface area contributed by atoms with Gasteiger partial charge in [-0.15, -0.1) is 0 Å². The molecule has 0 radical (unpaired) electrons. The minimum Gasteiger partial charge on any atom is -0.470 e. The van der Waals surface area contributed by atoms with E-state index in [2.05, 4.69) is 9.97 Å². The Labute approximate surface area is 150 Å². The highest BCUT2D eigenvalue weighted by Gasteiger charge is 2.40. The van der Waals surface area contributed by atoms with Gasteiger partial charge in [0, 0.05) is 23.9 Å². The number of amides is 1. The monoisotopic (exact) mass is 361 g/mol. The van der Waals surface area contributed by atoms with Crippen LogP contribution in [0.1, 0.15) is 32.3 Å². The van der Waals surface area contributed by atoms with E-state index in [-0.39, 0.29) is 17.9 Å². The first kappa shape index (κ1) is 16.5. The first-order valence-electron chi connectivity index (χ1n) is 8.45. The molecule has 1 saturated heterocycles. The summed E-state index contributed by atoms with van der Waals surface area (Å²) in [6.07, 6.45) is 5.18. The lowest BCUT2D eigenvalue weighted by Gasteiger charge is -2.39. The molecule has 6 nitrogen and oxygen atoms in total. The molecule has 2 aliphatic rings. The van der Waals surface area contributed by atoms with Crippen LogP contribution in [-0.4, -0.2) is 45.1 Å². The third-order valence-corrected chi connectivity index (χ3v) is 4.93. The van der Waals surface area contributed by atoms with E-state index in [4.69, 9.17) is 16.3 Å². The number of hydrogen-bond acceptors (Lipinski definition) is 5. The van der Waals surface area contributed by atoms with Crippen LogP contribution >= 0.6 is 11.6 Å². The van der Waals surface area contributed by atoms with E-state index in [9.17, 15) is 9.90 Å². The Morgan fingerprint density at radius 2 is 2.00 bits per heavy atom. The minimum atomic E-state index is -1.06. The molecule has 2 aromatic rings. The highest BCUT2D eigenvalue weighted by atomic mass is 35.5. The Kier molecular flexibility index (Phi) is 3.85. The lowest BCUT2D eigenvalue weighted by atomic mass is 9.95. The molecule has 0 unspecified atom stereocenters. The van der Waals surface area contributed by atoms with Crippen molar-refractivity contribution in [3.05, 3.63) is 29.2 Å². The number of carbonyl (C=O) groups is 1. The Morgan fingerprint density at radius 3 is 2.64 bits per heavy atom. The first-order valence-corrected chi connectivity index (χ1v) is 8.83. The summed E-state index contributed by atoms with van der Waals surface area (Å²) in [6, 6.07) is 1.71. The van der Waals surface area contributed by atoms with Crippen molar-refractivity contribution in [3.8, 4) is 5.88 Å². The van der Waals surface area contributed by atoms with Gasteiger partial charge in [0.2, 0.25) is 11.8 Å². The summed E-state index contributed by atoms with van der Waals surface area (Å²) in [5.41, 5.74) is -0.392. The maximum absolute atomic E-state index is 12.0. The summed E-state index contributed by atoms with van der Waals surface area (Å²) in [7, 11) is 0. The topological polar surface area (TPSA) is 75.6 Å². The molecule has 2 aromatic heterocycles. The standard InChI is InChI=1S/C18H20ClN3O3/c1-18(2,24)14-7-21-16(13-6-20-15(19)5-12(13)14)25-11-8-22(9-11)17(23)10-3-4-10/h5-7,10-11,24H,3-4,8-9H2,1-2H3. The zero-order valence-electron chi connectivity index (χ0n) is 14.2. The Hall–Kier alpha value is -1.92. The second kappa shape index (κ2) is 5.81. The summed E-state index contributed by atoms with van der Waals surface area (Å²) >= 11 is 6.03. The number of rotatable bonds is 4. The second-order valence-electron chi connectivity index (χ2n) is 7.35. The zero-order chi connectivity index (χ0) is 17.8. The van der Waals surface area contributed by atoms with Crippen molar-refractivity contribution in [2.45, 2.75) is 38.4 Å². The molecule has 0 atom stereocenters. The van der Waals surface area contributed by atoms with Gasteiger partial charge in [-0.3, -0.25) is 4.79 Å². The smallest absolute Gasteiger partial charge is 0.225 e. The van der Waals surface area contributed by atoms with E-state index in [0.717, 1.165) is 18.2 Å². The summed E-state index contributed by atoms with van der Waals surface area (Å²) in [4.78, 5) is 22.3. The van der Waals surface area contributed by atoms with Crippen LogP contribution in [0.15, 0.2) is 18.5 Å². The van der Waals surface area contributed by atoms with Gasteiger partial charge in [-0.25, -0.2) is 9.97 Å². The highest BCUT2D eigenvalue weighted by molar-refractivity contribution is 6.30. The van der Waals surface area contributed by atoms with Crippen molar-refractivity contribution in [1.29, 1.82) is 0 Å². The largest absolute Gasteiger partial charge is 0.470 e. The third kappa shape index (κ3) is 3.16. The molecule has 4 rings (SSSR count). The van der Waals surface area contributed by atoms with Crippen molar-refractivity contribution >= 4 is 28.3 Å².